The Morgan fingerprint density at radius 2 is 1.90 bits per heavy atom. The summed E-state index contributed by atoms with van der Waals surface area (Å²) in [5, 5.41) is 12.0. The van der Waals surface area contributed by atoms with Crippen molar-refractivity contribution in [2.24, 2.45) is 7.05 Å². The molecular formula is C22H30FN3O3S. The van der Waals surface area contributed by atoms with E-state index in [4.69, 9.17) is 5.11 Å². The molecule has 0 radical (unpaired) electrons. The highest BCUT2D eigenvalue weighted by atomic mass is 32.2. The number of Topliss-reactive ketones (excluding diaryl/α,β-unsaturated/α-hetero) is 1. The maximum absolute atomic E-state index is 14.3. The Balaban J connectivity index is 0.00000155. The first-order valence-corrected chi connectivity index (χ1v) is 10.9. The Morgan fingerprint density at radius 3 is 2.47 bits per heavy atom. The smallest absolute Gasteiger partial charge is 0.254 e. The number of ketones is 1. The summed E-state index contributed by atoms with van der Waals surface area (Å²) in [7, 11) is 1.63. The first-order valence-electron chi connectivity index (χ1n) is 10.0. The van der Waals surface area contributed by atoms with Crippen molar-refractivity contribution in [1.29, 1.82) is 0 Å². The van der Waals surface area contributed by atoms with Crippen LogP contribution in [0.5, 0.6) is 0 Å². The van der Waals surface area contributed by atoms with Crippen LogP contribution in [0.3, 0.4) is 0 Å². The highest BCUT2D eigenvalue weighted by Gasteiger charge is 2.45. The topological polar surface area (TPSA) is 83.4 Å². The van der Waals surface area contributed by atoms with Crippen LogP contribution in [-0.2, 0) is 11.8 Å². The molecule has 1 aliphatic rings. The van der Waals surface area contributed by atoms with E-state index < -0.39 is 12.4 Å². The molecule has 2 aromatic rings. The Bertz CT molecular complexity index is 971. The highest BCUT2D eigenvalue weighted by molar-refractivity contribution is 8.02. The van der Waals surface area contributed by atoms with Crippen molar-refractivity contribution >= 4 is 34.9 Å². The quantitative estimate of drug-likeness (QED) is 0.531. The lowest BCUT2D eigenvalue weighted by Gasteiger charge is -2.20. The molecule has 1 fully saturated rings. The van der Waals surface area contributed by atoms with Gasteiger partial charge < -0.3 is 15.1 Å². The number of anilines is 3. The van der Waals surface area contributed by atoms with Gasteiger partial charge in [-0.25, -0.2) is 4.39 Å². The molecule has 1 aromatic heterocycles. The molecule has 0 unspecified atom stereocenters. The second-order valence-corrected chi connectivity index (χ2v) is 8.60. The van der Waals surface area contributed by atoms with E-state index in [1.54, 1.807) is 39.1 Å². The minimum absolute atomic E-state index is 0.179. The van der Waals surface area contributed by atoms with Gasteiger partial charge in [-0.15, -0.1) is 0 Å². The van der Waals surface area contributed by atoms with Crippen LogP contribution in [0.25, 0.3) is 0 Å². The Kier molecular flexibility index (Phi) is 8.09. The predicted octanol–water partition coefficient (Wildman–Crippen LogP) is 4.46. The van der Waals surface area contributed by atoms with E-state index in [0.29, 0.717) is 23.5 Å². The lowest BCUT2D eigenvalue weighted by atomic mass is 10.2. The lowest BCUT2D eigenvalue weighted by Crippen LogP contribution is -2.23. The number of aliphatic hydroxyl groups is 1. The van der Waals surface area contributed by atoms with Crippen molar-refractivity contribution in [3.05, 3.63) is 51.6 Å². The monoisotopic (exact) mass is 435 g/mol. The highest BCUT2D eigenvalue weighted by Crippen LogP contribution is 2.51. The molecule has 3 N–H and O–H groups in total. The van der Waals surface area contributed by atoms with Gasteiger partial charge in [0.05, 0.1) is 11.4 Å². The zero-order valence-corrected chi connectivity index (χ0v) is 19.0. The molecule has 6 nitrogen and oxygen atoms in total. The molecule has 0 spiro atoms. The number of nitrogens with zero attached hydrogens (tertiary/aromatic N) is 1. The molecule has 1 saturated carbocycles. The molecule has 3 rings (SSSR count). The third kappa shape index (κ3) is 5.64. The molecular weight excluding hydrogens is 405 g/mol. The van der Waals surface area contributed by atoms with Crippen molar-refractivity contribution in [3.63, 3.8) is 0 Å². The number of hydrogen-bond acceptors (Lipinski definition) is 6. The Hall–Kier alpha value is -2.32. The number of halogens is 1. The fourth-order valence-corrected chi connectivity index (χ4v) is 4.03. The van der Waals surface area contributed by atoms with Crippen LogP contribution in [-0.4, -0.2) is 26.8 Å². The average Bonchev–Trinajstić information content (AvgIpc) is 3.49. The summed E-state index contributed by atoms with van der Waals surface area (Å²) in [5.74, 6) is -0.155. The van der Waals surface area contributed by atoms with Gasteiger partial charge in [-0.2, -0.15) is 0 Å². The van der Waals surface area contributed by atoms with Crippen molar-refractivity contribution < 1.29 is 14.3 Å². The van der Waals surface area contributed by atoms with E-state index >= 15 is 0 Å². The fraction of sp³-hybridized carbons (Fsp3) is 0.455. The number of benzene rings is 1. The number of pyridine rings is 1. The van der Waals surface area contributed by atoms with E-state index in [9.17, 15) is 14.0 Å². The third-order valence-electron chi connectivity index (χ3n) is 4.85. The lowest BCUT2D eigenvalue weighted by molar-refractivity contribution is -0.121. The number of carbonyl (C=O) groups is 1. The van der Waals surface area contributed by atoms with Crippen molar-refractivity contribution in [3.8, 4) is 0 Å². The summed E-state index contributed by atoms with van der Waals surface area (Å²) in [6.45, 7) is 7.07. The molecule has 8 heteroatoms. The van der Waals surface area contributed by atoms with Crippen LogP contribution >= 0.6 is 11.9 Å². The average molecular weight is 436 g/mol. The molecule has 164 valence electrons. The van der Waals surface area contributed by atoms with E-state index in [1.807, 2.05) is 13.8 Å². The number of rotatable bonds is 8. The first kappa shape index (κ1) is 24.0. The summed E-state index contributed by atoms with van der Waals surface area (Å²) in [4.78, 5) is 24.0. The maximum atomic E-state index is 14.3. The van der Waals surface area contributed by atoms with Gasteiger partial charge in [-0.05, 0) is 62.4 Å². The third-order valence-corrected chi connectivity index (χ3v) is 6.16. The first-order chi connectivity index (χ1) is 14.2. The van der Waals surface area contributed by atoms with Crippen LogP contribution < -0.4 is 15.6 Å². The Labute approximate surface area is 181 Å². The largest absolute Gasteiger partial charge is 0.389 e. The normalized spacial score (nSPS) is 13.8. The molecule has 1 aliphatic carbocycles. The minimum Gasteiger partial charge on any atom is -0.389 e. The van der Waals surface area contributed by atoms with E-state index in [2.05, 4.69) is 10.0 Å². The van der Waals surface area contributed by atoms with Crippen LogP contribution in [0.2, 0.25) is 0 Å². The van der Waals surface area contributed by atoms with Gasteiger partial charge in [-0.1, -0.05) is 19.9 Å². The SMILES string of the molecule is CC.Cc1ccc(Nc2c(NSC3(CC(=O)CO)CC3)cc(C)c(=O)n2C)c(F)c1. The standard InChI is InChI=1S/C20H24FN3O3S.C2H6/c1-12-4-5-16(15(21)8-12)22-18-17(9-13(2)19(27)24(18)3)23-28-20(6-7-20)10-14(26)11-25;1-2/h4-5,8-9,22-23,25H,6-7,10-11H2,1-3H3;1-2H3. The fourth-order valence-electron chi connectivity index (χ4n) is 3.00. The second kappa shape index (κ2) is 10.1. The summed E-state index contributed by atoms with van der Waals surface area (Å²) in [6, 6.07) is 6.57. The maximum Gasteiger partial charge on any atom is 0.254 e. The number of hydrogen-bond donors (Lipinski definition) is 3. The summed E-state index contributed by atoms with van der Waals surface area (Å²) in [6.07, 6.45) is 2.04. The molecule has 30 heavy (non-hydrogen) atoms. The summed E-state index contributed by atoms with van der Waals surface area (Å²) >= 11 is 1.41. The van der Waals surface area contributed by atoms with Gasteiger partial charge in [-0.3, -0.25) is 14.2 Å². The van der Waals surface area contributed by atoms with Crippen LogP contribution in [0, 0.1) is 19.7 Å². The molecule has 1 heterocycles. The zero-order valence-electron chi connectivity index (χ0n) is 18.1. The van der Waals surface area contributed by atoms with E-state index in [1.165, 1.54) is 22.6 Å². The van der Waals surface area contributed by atoms with Gasteiger partial charge in [0, 0.05) is 23.8 Å². The number of aliphatic hydroxyl groups excluding tert-OH is 1. The minimum atomic E-state index is -0.458. The molecule has 0 aliphatic heterocycles. The predicted molar refractivity (Wildman–Crippen MR) is 122 cm³/mol. The van der Waals surface area contributed by atoms with E-state index in [-0.39, 0.29) is 21.8 Å². The van der Waals surface area contributed by atoms with Gasteiger partial charge in [0.1, 0.15) is 18.2 Å². The number of aryl methyl sites for hydroxylation is 2. The van der Waals surface area contributed by atoms with E-state index in [0.717, 1.165) is 18.4 Å². The van der Waals surface area contributed by atoms with Crippen LogP contribution in [0.4, 0.5) is 21.6 Å². The molecule has 0 bridgehead atoms. The van der Waals surface area contributed by atoms with Crippen molar-refractivity contribution in [2.45, 2.75) is 51.7 Å². The number of nitrogens with one attached hydrogen (secondary N) is 2. The number of aromatic nitrogens is 1. The summed E-state index contributed by atoms with van der Waals surface area (Å²) < 4.78 is 18.8. The molecule has 0 atom stereocenters. The second-order valence-electron chi connectivity index (χ2n) is 7.32. The summed E-state index contributed by atoms with van der Waals surface area (Å²) in [5.41, 5.74) is 2.08. The zero-order chi connectivity index (χ0) is 22.5. The molecule has 1 aromatic carbocycles. The van der Waals surface area contributed by atoms with Gasteiger partial charge in [0.2, 0.25) is 0 Å². The van der Waals surface area contributed by atoms with Crippen LogP contribution in [0.1, 0.15) is 44.2 Å². The van der Waals surface area contributed by atoms with Gasteiger partial charge in [0.25, 0.3) is 5.56 Å². The molecule has 0 amide bonds. The number of carbonyl (C=O) groups excluding carboxylic acids is 1. The van der Waals surface area contributed by atoms with Gasteiger partial charge >= 0.3 is 0 Å². The van der Waals surface area contributed by atoms with Crippen LogP contribution in [0.15, 0.2) is 29.1 Å². The van der Waals surface area contributed by atoms with Crippen molar-refractivity contribution in [2.75, 3.05) is 16.6 Å². The molecule has 0 saturated heterocycles. The van der Waals surface area contributed by atoms with Crippen molar-refractivity contribution in [1.82, 2.24) is 4.57 Å². The Morgan fingerprint density at radius 1 is 1.23 bits per heavy atom. The van der Waals surface area contributed by atoms with Gasteiger partial charge in [0.15, 0.2) is 5.78 Å².